The molecule has 2 nitrogen and oxygen atoms in total. The molecule has 0 radical (unpaired) electrons. The normalized spacial score (nSPS) is 57.7. The third-order valence-corrected chi connectivity index (χ3v) is 15.4. The second kappa shape index (κ2) is 9.57. The Balaban J connectivity index is 1.04. The molecule has 1 heterocycles. The Hall–Kier alpha value is -0.860. The van der Waals surface area contributed by atoms with Gasteiger partial charge < -0.3 is 10.1 Å². The molecule has 8 aliphatic carbocycles. The summed E-state index contributed by atoms with van der Waals surface area (Å²) < 4.78 is 7.08. The molecule has 1 saturated heterocycles. The van der Waals surface area contributed by atoms with Crippen molar-refractivity contribution < 1.29 is 4.74 Å². The first-order valence-electron chi connectivity index (χ1n) is 18.1. The fraction of sp³-hybridized carbons (Fsp3) is 0.842. The van der Waals surface area contributed by atoms with Crippen LogP contribution in [0.2, 0.25) is 0 Å². The van der Waals surface area contributed by atoms with Crippen LogP contribution in [0.4, 0.5) is 0 Å². The Kier molecular flexibility index (Phi) is 6.13. The maximum absolute atomic E-state index is 7.08. The van der Waals surface area contributed by atoms with E-state index < -0.39 is 0 Å². The summed E-state index contributed by atoms with van der Waals surface area (Å²) in [4.78, 5) is 0. The highest BCUT2D eigenvalue weighted by atomic mass is 16.5. The van der Waals surface area contributed by atoms with Crippen molar-refractivity contribution >= 4 is 0 Å². The molecule has 0 aromatic rings. The molecule has 1 N–H and O–H groups in total. The van der Waals surface area contributed by atoms with Gasteiger partial charge in [0, 0.05) is 6.04 Å². The number of nitrogens with one attached hydrogen (secondary N) is 1. The summed E-state index contributed by atoms with van der Waals surface area (Å²) in [7, 11) is 0. The zero-order chi connectivity index (χ0) is 26.5. The molecule has 9 rings (SSSR count). The van der Waals surface area contributed by atoms with Gasteiger partial charge in [0.2, 0.25) is 0 Å². The van der Waals surface area contributed by atoms with Gasteiger partial charge >= 0.3 is 0 Å². The van der Waals surface area contributed by atoms with Crippen LogP contribution in [0.3, 0.4) is 0 Å². The minimum Gasteiger partial charge on any atom is -0.369 e. The lowest BCUT2D eigenvalue weighted by Gasteiger charge is -2.52. The lowest BCUT2D eigenvalue weighted by atomic mass is 9.53. The highest BCUT2D eigenvalue weighted by molar-refractivity contribution is 5.26. The topological polar surface area (TPSA) is 21.3 Å². The molecular formula is C38H55NO. The van der Waals surface area contributed by atoms with E-state index in [1.54, 1.807) is 6.42 Å². The standard InChI is InChI=1S/C38H55NO/c1-37-30(29-14-5-9-19-35(29)40-37)18-10-20-36(37)39-24-21-22-28-27-13-4-8-17-33(27)38(34(28)23-24)31-15-6-2-11-25(31)26-12-3-7-16-32(26)38/h2,4,10-11,13,20,24-36,39H,3,5-9,12,14-19,21-23H2,1H3. The van der Waals surface area contributed by atoms with Crippen molar-refractivity contribution in [1.29, 1.82) is 0 Å². The number of allylic oxidation sites excluding steroid dienone is 5. The third kappa shape index (κ3) is 3.42. The van der Waals surface area contributed by atoms with Gasteiger partial charge in [-0.1, -0.05) is 62.1 Å². The summed E-state index contributed by atoms with van der Waals surface area (Å²) in [6, 6.07) is 1.06. The second-order valence-corrected chi connectivity index (χ2v) is 16.4. The Morgan fingerprint density at radius 2 is 1.32 bits per heavy atom. The first kappa shape index (κ1) is 25.6. The van der Waals surface area contributed by atoms with Crippen LogP contribution in [0.25, 0.3) is 0 Å². The number of hydrogen-bond donors (Lipinski definition) is 1. The predicted molar refractivity (Wildman–Crippen MR) is 163 cm³/mol. The second-order valence-electron chi connectivity index (χ2n) is 16.4. The first-order valence-corrected chi connectivity index (χ1v) is 18.1. The molecular weight excluding hydrogens is 486 g/mol. The van der Waals surface area contributed by atoms with E-state index in [0.717, 1.165) is 59.2 Å². The summed E-state index contributed by atoms with van der Waals surface area (Å²) in [6.45, 7) is 2.50. The maximum atomic E-state index is 7.08. The Labute approximate surface area is 244 Å². The average Bonchev–Trinajstić information content (AvgIpc) is 3.59. The Bertz CT molecular complexity index is 1070. The van der Waals surface area contributed by atoms with E-state index in [4.69, 9.17) is 4.74 Å². The maximum Gasteiger partial charge on any atom is 0.0880 e. The molecule has 0 aromatic carbocycles. The average molecular weight is 542 g/mol. The highest BCUT2D eigenvalue weighted by Gasteiger charge is 2.71. The van der Waals surface area contributed by atoms with E-state index in [1.807, 2.05) is 0 Å². The minimum absolute atomic E-state index is 0.00353. The minimum atomic E-state index is -0.00353. The summed E-state index contributed by atoms with van der Waals surface area (Å²) in [6.07, 6.45) is 39.1. The number of ether oxygens (including phenoxy) is 1. The van der Waals surface area contributed by atoms with Crippen LogP contribution in [-0.4, -0.2) is 23.8 Å². The van der Waals surface area contributed by atoms with Gasteiger partial charge in [-0.05, 0) is 149 Å². The van der Waals surface area contributed by atoms with Gasteiger partial charge in [-0.15, -0.1) is 0 Å². The van der Waals surface area contributed by atoms with Crippen molar-refractivity contribution in [2.45, 2.75) is 133 Å². The lowest BCUT2D eigenvalue weighted by molar-refractivity contribution is -0.0735. The molecule has 5 saturated carbocycles. The number of hydrogen-bond acceptors (Lipinski definition) is 2. The van der Waals surface area contributed by atoms with E-state index in [9.17, 15) is 0 Å². The van der Waals surface area contributed by atoms with Gasteiger partial charge in [-0.25, -0.2) is 0 Å². The number of fused-ring (bicyclic) bond motifs is 13. The Morgan fingerprint density at radius 1 is 0.625 bits per heavy atom. The first-order chi connectivity index (χ1) is 19.7. The summed E-state index contributed by atoms with van der Waals surface area (Å²) in [5, 5.41) is 4.38. The molecule has 1 aliphatic heterocycles. The van der Waals surface area contributed by atoms with Crippen LogP contribution in [0.15, 0.2) is 36.5 Å². The zero-order valence-corrected chi connectivity index (χ0v) is 25.2. The van der Waals surface area contributed by atoms with Crippen LogP contribution in [0.5, 0.6) is 0 Å². The molecule has 218 valence electrons. The van der Waals surface area contributed by atoms with Gasteiger partial charge in [-0.3, -0.25) is 0 Å². The Morgan fingerprint density at radius 3 is 2.12 bits per heavy atom. The van der Waals surface area contributed by atoms with Crippen LogP contribution >= 0.6 is 0 Å². The number of rotatable bonds is 2. The monoisotopic (exact) mass is 541 g/mol. The van der Waals surface area contributed by atoms with Crippen molar-refractivity contribution in [3.05, 3.63) is 36.5 Å². The van der Waals surface area contributed by atoms with Gasteiger partial charge in [0.15, 0.2) is 0 Å². The van der Waals surface area contributed by atoms with Crippen LogP contribution < -0.4 is 5.32 Å². The smallest absolute Gasteiger partial charge is 0.0880 e. The van der Waals surface area contributed by atoms with E-state index in [2.05, 4.69) is 48.7 Å². The third-order valence-electron chi connectivity index (χ3n) is 15.4. The van der Waals surface area contributed by atoms with E-state index in [0.29, 0.717) is 23.6 Å². The fourth-order valence-electron chi connectivity index (χ4n) is 14.3. The predicted octanol–water partition coefficient (Wildman–Crippen LogP) is 8.64. The van der Waals surface area contributed by atoms with E-state index in [-0.39, 0.29) is 5.60 Å². The largest absolute Gasteiger partial charge is 0.369 e. The van der Waals surface area contributed by atoms with Crippen LogP contribution in [0.1, 0.15) is 110 Å². The van der Waals surface area contributed by atoms with Crippen molar-refractivity contribution in [3.63, 3.8) is 0 Å². The molecule has 15 unspecified atom stereocenters. The van der Waals surface area contributed by atoms with E-state index in [1.165, 1.54) is 96.3 Å². The molecule has 0 amide bonds. The zero-order valence-electron chi connectivity index (χ0n) is 25.2. The molecule has 40 heavy (non-hydrogen) atoms. The van der Waals surface area contributed by atoms with Gasteiger partial charge in [0.25, 0.3) is 0 Å². The molecule has 15 atom stereocenters. The van der Waals surface area contributed by atoms with Gasteiger partial charge in [0.1, 0.15) is 0 Å². The van der Waals surface area contributed by atoms with Crippen molar-refractivity contribution in [3.8, 4) is 0 Å². The summed E-state index contributed by atoms with van der Waals surface area (Å²) >= 11 is 0. The van der Waals surface area contributed by atoms with Gasteiger partial charge in [0.05, 0.1) is 17.7 Å². The lowest BCUT2D eigenvalue weighted by Crippen LogP contribution is -2.57. The SMILES string of the molecule is CC12OC3CCCCC3C1CC=CC2NC1CCC2C3C=CCCC3C3(C4CCC=CC4C4CCCCC43)C2C1. The van der Waals surface area contributed by atoms with Gasteiger partial charge in [-0.2, -0.15) is 0 Å². The highest BCUT2D eigenvalue weighted by Crippen LogP contribution is 2.76. The van der Waals surface area contributed by atoms with Crippen molar-refractivity contribution in [2.24, 2.45) is 64.6 Å². The molecule has 0 aromatic heterocycles. The molecule has 6 fully saturated rings. The van der Waals surface area contributed by atoms with Crippen LogP contribution in [-0.2, 0) is 4.74 Å². The summed E-state index contributed by atoms with van der Waals surface area (Å²) in [5.74, 6) is 9.11. The van der Waals surface area contributed by atoms with Crippen molar-refractivity contribution in [2.75, 3.05) is 0 Å². The van der Waals surface area contributed by atoms with E-state index >= 15 is 0 Å². The quantitative estimate of drug-likeness (QED) is 0.353. The molecule has 2 heteroatoms. The molecule has 0 bridgehead atoms. The van der Waals surface area contributed by atoms with Crippen molar-refractivity contribution in [1.82, 2.24) is 5.32 Å². The fourth-order valence-corrected chi connectivity index (χ4v) is 14.3. The molecule has 9 aliphatic rings. The van der Waals surface area contributed by atoms with Crippen LogP contribution in [0, 0.1) is 64.6 Å². The molecule has 1 spiro atoms. The summed E-state index contributed by atoms with van der Waals surface area (Å²) in [5.41, 5.74) is 0.616.